The van der Waals surface area contributed by atoms with Crippen molar-refractivity contribution < 1.29 is 4.39 Å². The van der Waals surface area contributed by atoms with Gasteiger partial charge in [0.15, 0.2) is 0 Å². The number of hydrogen-bond acceptors (Lipinski definition) is 1. The minimum absolute atomic E-state index is 0.204. The standard InChI is InChI=1S/C15H24FN/c1-7-9-10-14(16)15(11(3)4)13(6)17-12(5)8-2/h10H,3,7-9H2,1-2,4-6H3/b14-10+,15-13+,17-12?. The first kappa shape index (κ1) is 15.8. The summed E-state index contributed by atoms with van der Waals surface area (Å²) >= 11 is 0. The van der Waals surface area contributed by atoms with Crippen molar-refractivity contribution in [3.05, 3.63) is 35.3 Å². The van der Waals surface area contributed by atoms with Crippen molar-refractivity contribution >= 4 is 5.71 Å². The first-order valence-corrected chi connectivity index (χ1v) is 6.20. The lowest BCUT2D eigenvalue weighted by Gasteiger charge is -2.08. The lowest BCUT2D eigenvalue weighted by Crippen LogP contribution is -1.94. The van der Waals surface area contributed by atoms with E-state index in [4.69, 9.17) is 0 Å². The molecule has 0 rings (SSSR count). The second kappa shape index (κ2) is 7.99. The number of allylic oxidation sites excluding steroid dienone is 5. The van der Waals surface area contributed by atoms with Gasteiger partial charge in [-0.05, 0) is 45.3 Å². The first-order chi connectivity index (χ1) is 7.93. The van der Waals surface area contributed by atoms with Crippen molar-refractivity contribution in [2.24, 2.45) is 4.99 Å². The number of unbranched alkanes of at least 4 members (excludes halogenated alkanes) is 1. The Hall–Kier alpha value is -1.18. The topological polar surface area (TPSA) is 12.4 Å². The molecular formula is C15H24FN. The highest BCUT2D eigenvalue weighted by Crippen LogP contribution is 2.24. The Morgan fingerprint density at radius 2 is 1.82 bits per heavy atom. The molecule has 0 heterocycles. The van der Waals surface area contributed by atoms with E-state index in [1.54, 1.807) is 6.08 Å². The highest BCUT2D eigenvalue weighted by atomic mass is 19.1. The van der Waals surface area contributed by atoms with Crippen molar-refractivity contribution in [3.8, 4) is 0 Å². The Morgan fingerprint density at radius 3 is 2.24 bits per heavy atom. The third-order valence-corrected chi connectivity index (χ3v) is 2.51. The molecule has 0 saturated heterocycles. The average molecular weight is 237 g/mol. The van der Waals surface area contributed by atoms with Crippen molar-refractivity contribution in [2.45, 2.75) is 53.9 Å². The normalized spacial score (nSPS) is 14.7. The third kappa shape index (κ3) is 5.62. The van der Waals surface area contributed by atoms with Gasteiger partial charge in [-0.15, -0.1) is 0 Å². The van der Waals surface area contributed by atoms with Gasteiger partial charge in [-0.3, -0.25) is 4.99 Å². The summed E-state index contributed by atoms with van der Waals surface area (Å²) in [7, 11) is 0. The fraction of sp³-hybridized carbons (Fsp3) is 0.533. The summed E-state index contributed by atoms with van der Waals surface area (Å²) in [4.78, 5) is 4.40. The van der Waals surface area contributed by atoms with E-state index in [-0.39, 0.29) is 5.83 Å². The molecule has 0 aliphatic heterocycles. The van der Waals surface area contributed by atoms with Crippen LogP contribution in [0.15, 0.2) is 40.3 Å². The molecule has 0 amide bonds. The second-order valence-corrected chi connectivity index (χ2v) is 4.28. The molecule has 0 unspecified atom stereocenters. The second-order valence-electron chi connectivity index (χ2n) is 4.28. The molecule has 0 aromatic rings. The van der Waals surface area contributed by atoms with E-state index in [1.165, 1.54) is 0 Å². The molecule has 0 N–H and O–H groups in total. The molecular weight excluding hydrogens is 213 g/mol. The molecule has 0 radical (unpaired) electrons. The third-order valence-electron chi connectivity index (χ3n) is 2.51. The van der Waals surface area contributed by atoms with Crippen LogP contribution in [0.1, 0.15) is 53.9 Å². The maximum Gasteiger partial charge on any atom is 0.128 e. The molecule has 0 saturated carbocycles. The minimum atomic E-state index is -0.204. The zero-order valence-electron chi connectivity index (χ0n) is 11.7. The summed E-state index contributed by atoms with van der Waals surface area (Å²) in [5, 5.41) is 0. The van der Waals surface area contributed by atoms with Crippen LogP contribution in [0.5, 0.6) is 0 Å². The van der Waals surface area contributed by atoms with Crippen LogP contribution in [0.3, 0.4) is 0 Å². The molecule has 96 valence electrons. The molecule has 0 atom stereocenters. The zero-order valence-corrected chi connectivity index (χ0v) is 11.7. The Bertz CT molecular complexity index is 359. The van der Waals surface area contributed by atoms with Crippen LogP contribution in [0, 0.1) is 0 Å². The smallest absolute Gasteiger partial charge is 0.128 e. The van der Waals surface area contributed by atoms with Crippen molar-refractivity contribution in [3.63, 3.8) is 0 Å². The van der Waals surface area contributed by atoms with Gasteiger partial charge in [-0.2, -0.15) is 0 Å². The Morgan fingerprint density at radius 1 is 1.24 bits per heavy atom. The van der Waals surface area contributed by atoms with Crippen molar-refractivity contribution in [2.75, 3.05) is 0 Å². The van der Waals surface area contributed by atoms with Gasteiger partial charge in [-0.25, -0.2) is 4.39 Å². The van der Waals surface area contributed by atoms with E-state index in [2.05, 4.69) is 11.6 Å². The average Bonchev–Trinajstić information content (AvgIpc) is 2.25. The molecule has 0 aliphatic rings. The Balaban J connectivity index is 5.35. The van der Waals surface area contributed by atoms with E-state index in [0.717, 1.165) is 30.5 Å². The molecule has 0 aliphatic carbocycles. The number of rotatable bonds is 6. The summed E-state index contributed by atoms with van der Waals surface area (Å²) in [5.41, 5.74) is 2.98. The Labute approximate surface area is 105 Å². The molecule has 1 nitrogen and oxygen atoms in total. The fourth-order valence-electron chi connectivity index (χ4n) is 1.48. The van der Waals surface area contributed by atoms with Gasteiger partial charge >= 0.3 is 0 Å². The number of nitrogens with zero attached hydrogens (tertiary/aromatic N) is 1. The first-order valence-electron chi connectivity index (χ1n) is 6.20. The number of hydrogen-bond donors (Lipinski definition) is 0. The minimum Gasteiger partial charge on any atom is -0.262 e. The summed E-state index contributed by atoms with van der Waals surface area (Å²) in [6.07, 6.45) is 4.17. The quantitative estimate of drug-likeness (QED) is 0.435. The summed E-state index contributed by atoms with van der Waals surface area (Å²) in [5.74, 6) is -0.204. The van der Waals surface area contributed by atoms with Gasteiger partial charge in [0.2, 0.25) is 0 Å². The molecule has 0 fully saturated rings. The van der Waals surface area contributed by atoms with Crippen LogP contribution in [0.2, 0.25) is 0 Å². The van der Waals surface area contributed by atoms with Crippen molar-refractivity contribution in [1.29, 1.82) is 0 Å². The lowest BCUT2D eigenvalue weighted by atomic mass is 10.0. The zero-order chi connectivity index (χ0) is 13.4. The van der Waals surface area contributed by atoms with Crippen LogP contribution >= 0.6 is 0 Å². The predicted octanol–water partition coefficient (Wildman–Crippen LogP) is 5.36. The molecule has 0 aromatic carbocycles. The van der Waals surface area contributed by atoms with E-state index < -0.39 is 0 Å². The number of halogens is 1. The van der Waals surface area contributed by atoms with E-state index >= 15 is 0 Å². The van der Waals surface area contributed by atoms with Crippen LogP contribution < -0.4 is 0 Å². The molecule has 0 spiro atoms. The highest BCUT2D eigenvalue weighted by Gasteiger charge is 2.09. The SMILES string of the molecule is C=C(C)C(/C(F)=C\CCC)=C(/C)N=C(C)CC. The molecule has 17 heavy (non-hydrogen) atoms. The summed E-state index contributed by atoms with van der Waals surface area (Å²) in [6.45, 7) is 13.5. The maximum absolute atomic E-state index is 14.0. The largest absolute Gasteiger partial charge is 0.262 e. The van der Waals surface area contributed by atoms with Gasteiger partial charge in [0.25, 0.3) is 0 Å². The van der Waals surface area contributed by atoms with E-state index in [9.17, 15) is 4.39 Å². The highest BCUT2D eigenvalue weighted by molar-refractivity contribution is 5.82. The Kier molecular flexibility index (Phi) is 7.44. The monoisotopic (exact) mass is 237 g/mol. The van der Waals surface area contributed by atoms with Crippen LogP contribution in [-0.4, -0.2) is 5.71 Å². The lowest BCUT2D eigenvalue weighted by molar-refractivity contribution is 0.642. The van der Waals surface area contributed by atoms with Gasteiger partial charge < -0.3 is 0 Å². The van der Waals surface area contributed by atoms with Crippen LogP contribution in [0.4, 0.5) is 4.39 Å². The van der Waals surface area contributed by atoms with Crippen LogP contribution in [-0.2, 0) is 0 Å². The maximum atomic E-state index is 14.0. The molecule has 2 heteroatoms. The van der Waals surface area contributed by atoms with Gasteiger partial charge in [0.05, 0.1) is 0 Å². The van der Waals surface area contributed by atoms with Crippen molar-refractivity contribution in [1.82, 2.24) is 0 Å². The summed E-state index contributed by atoms with van der Waals surface area (Å²) in [6, 6.07) is 0. The molecule has 0 bridgehead atoms. The summed E-state index contributed by atoms with van der Waals surface area (Å²) < 4.78 is 14.0. The predicted molar refractivity (Wildman–Crippen MR) is 75.0 cm³/mol. The number of aliphatic imine (C=N–C) groups is 1. The molecule has 0 aromatic heterocycles. The van der Waals surface area contributed by atoms with Gasteiger partial charge in [0.1, 0.15) is 5.83 Å². The fourth-order valence-corrected chi connectivity index (χ4v) is 1.48. The van der Waals surface area contributed by atoms with Gasteiger partial charge in [0, 0.05) is 17.0 Å². The van der Waals surface area contributed by atoms with Gasteiger partial charge in [-0.1, -0.05) is 26.8 Å². The van der Waals surface area contributed by atoms with E-state index in [1.807, 2.05) is 34.6 Å². The van der Waals surface area contributed by atoms with Crippen LogP contribution in [0.25, 0.3) is 0 Å². The van der Waals surface area contributed by atoms with E-state index in [0.29, 0.717) is 11.3 Å².